The van der Waals surface area contributed by atoms with Gasteiger partial charge in [0.05, 0.1) is 5.02 Å². The fourth-order valence-corrected chi connectivity index (χ4v) is 3.12. The summed E-state index contributed by atoms with van der Waals surface area (Å²) in [5.74, 6) is 1.10. The summed E-state index contributed by atoms with van der Waals surface area (Å²) < 4.78 is 3.15. The minimum atomic E-state index is 0.165. The SMILES string of the molecule is CCCn1ccnc1CC(NCC)c1cccc(Br)c1Cl. The molecular formula is C16H21BrClN3. The molecule has 1 aromatic heterocycles. The van der Waals surface area contributed by atoms with Crippen LogP contribution < -0.4 is 5.32 Å². The molecule has 0 spiro atoms. The third-order valence-corrected chi connectivity index (χ3v) is 4.77. The molecule has 1 aromatic carbocycles. The van der Waals surface area contributed by atoms with Crippen LogP contribution in [0.2, 0.25) is 5.02 Å². The zero-order valence-electron chi connectivity index (χ0n) is 12.4. The molecule has 114 valence electrons. The minimum absolute atomic E-state index is 0.165. The van der Waals surface area contributed by atoms with E-state index in [0.717, 1.165) is 46.8 Å². The molecule has 0 bridgehead atoms. The van der Waals surface area contributed by atoms with E-state index in [1.165, 1.54) is 0 Å². The van der Waals surface area contributed by atoms with Gasteiger partial charge >= 0.3 is 0 Å². The van der Waals surface area contributed by atoms with Gasteiger partial charge in [0.1, 0.15) is 5.82 Å². The number of hydrogen-bond acceptors (Lipinski definition) is 2. The summed E-state index contributed by atoms with van der Waals surface area (Å²) in [7, 11) is 0. The molecule has 0 aliphatic carbocycles. The van der Waals surface area contributed by atoms with E-state index in [1.54, 1.807) is 0 Å². The average molecular weight is 371 g/mol. The molecule has 0 fully saturated rings. The van der Waals surface area contributed by atoms with Crippen LogP contribution in [0, 0.1) is 0 Å². The van der Waals surface area contributed by atoms with Crippen LogP contribution in [-0.2, 0) is 13.0 Å². The lowest BCUT2D eigenvalue weighted by Crippen LogP contribution is -2.24. The zero-order chi connectivity index (χ0) is 15.2. The van der Waals surface area contributed by atoms with Crippen LogP contribution in [0.25, 0.3) is 0 Å². The highest BCUT2D eigenvalue weighted by Gasteiger charge is 2.18. The summed E-state index contributed by atoms with van der Waals surface area (Å²) in [4.78, 5) is 4.50. The highest BCUT2D eigenvalue weighted by atomic mass is 79.9. The topological polar surface area (TPSA) is 29.9 Å². The summed E-state index contributed by atoms with van der Waals surface area (Å²) in [5.41, 5.74) is 1.11. The van der Waals surface area contributed by atoms with E-state index in [0.29, 0.717) is 0 Å². The van der Waals surface area contributed by atoms with Crippen LogP contribution in [0.1, 0.15) is 37.7 Å². The number of halogens is 2. The summed E-state index contributed by atoms with van der Waals surface area (Å²) in [6, 6.07) is 6.23. The van der Waals surface area contributed by atoms with Gasteiger partial charge in [-0.05, 0) is 40.5 Å². The molecule has 1 heterocycles. The first kappa shape index (κ1) is 16.5. The fraction of sp³-hybridized carbons (Fsp3) is 0.438. The normalized spacial score (nSPS) is 12.6. The van der Waals surface area contributed by atoms with Crippen molar-refractivity contribution in [3.8, 4) is 0 Å². The third-order valence-electron chi connectivity index (χ3n) is 3.46. The maximum Gasteiger partial charge on any atom is 0.110 e. The van der Waals surface area contributed by atoms with Crippen molar-refractivity contribution in [2.75, 3.05) is 6.54 Å². The van der Waals surface area contributed by atoms with Crippen molar-refractivity contribution in [3.05, 3.63) is 51.5 Å². The molecular weight excluding hydrogens is 350 g/mol. The number of aryl methyl sites for hydroxylation is 1. The number of nitrogens with one attached hydrogen (secondary N) is 1. The van der Waals surface area contributed by atoms with Crippen LogP contribution in [-0.4, -0.2) is 16.1 Å². The van der Waals surface area contributed by atoms with Crippen LogP contribution in [0.5, 0.6) is 0 Å². The van der Waals surface area contributed by atoms with E-state index >= 15 is 0 Å². The lowest BCUT2D eigenvalue weighted by atomic mass is 10.0. The van der Waals surface area contributed by atoms with Crippen LogP contribution in [0.15, 0.2) is 35.1 Å². The molecule has 1 unspecified atom stereocenters. The number of rotatable bonds is 7. The van der Waals surface area contributed by atoms with Gasteiger partial charge in [0.15, 0.2) is 0 Å². The Hall–Kier alpha value is -0.840. The van der Waals surface area contributed by atoms with E-state index in [1.807, 2.05) is 24.5 Å². The molecule has 2 rings (SSSR count). The first-order valence-electron chi connectivity index (χ1n) is 7.34. The Morgan fingerprint density at radius 1 is 1.38 bits per heavy atom. The first-order valence-corrected chi connectivity index (χ1v) is 8.51. The Morgan fingerprint density at radius 2 is 2.19 bits per heavy atom. The zero-order valence-corrected chi connectivity index (χ0v) is 14.8. The molecule has 0 saturated heterocycles. The van der Waals surface area contributed by atoms with Gasteiger partial charge in [-0.2, -0.15) is 0 Å². The predicted octanol–water partition coefficient (Wildman–Crippen LogP) is 4.60. The van der Waals surface area contributed by atoms with Gasteiger partial charge in [-0.15, -0.1) is 0 Å². The Balaban J connectivity index is 2.26. The van der Waals surface area contributed by atoms with E-state index in [9.17, 15) is 0 Å². The molecule has 1 N–H and O–H groups in total. The van der Waals surface area contributed by atoms with Crippen LogP contribution >= 0.6 is 27.5 Å². The van der Waals surface area contributed by atoms with Gasteiger partial charge < -0.3 is 9.88 Å². The molecule has 0 saturated carbocycles. The molecule has 0 aliphatic rings. The van der Waals surface area contributed by atoms with Crippen molar-refractivity contribution in [3.63, 3.8) is 0 Å². The number of aromatic nitrogens is 2. The van der Waals surface area contributed by atoms with Crippen molar-refractivity contribution in [2.45, 2.75) is 39.3 Å². The smallest absolute Gasteiger partial charge is 0.110 e. The third kappa shape index (κ3) is 4.09. The second-order valence-electron chi connectivity index (χ2n) is 4.99. The Kier molecular flexibility index (Phi) is 6.27. The first-order chi connectivity index (χ1) is 10.2. The maximum atomic E-state index is 6.45. The van der Waals surface area contributed by atoms with Gasteiger partial charge in [-0.25, -0.2) is 4.98 Å². The maximum absolute atomic E-state index is 6.45. The van der Waals surface area contributed by atoms with Crippen molar-refractivity contribution in [1.29, 1.82) is 0 Å². The number of benzene rings is 1. The molecule has 0 amide bonds. The van der Waals surface area contributed by atoms with Gasteiger partial charge in [0, 0.05) is 35.9 Å². The number of likely N-dealkylation sites (N-methyl/N-ethyl adjacent to an activating group) is 1. The monoisotopic (exact) mass is 369 g/mol. The predicted molar refractivity (Wildman–Crippen MR) is 91.8 cm³/mol. The Labute approximate surface area is 139 Å². The van der Waals surface area contributed by atoms with E-state index in [4.69, 9.17) is 11.6 Å². The number of hydrogen-bond donors (Lipinski definition) is 1. The van der Waals surface area contributed by atoms with Crippen molar-refractivity contribution in [1.82, 2.24) is 14.9 Å². The quantitative estimate of drug-likeness (QED) is 0.772. The van der Waals surface area contributed by atoms with Crippen LogP contribution in [0.3, 0.4) is 0 Å². The molecule has 5 heteroatoms. The summed E-state index contributed by atoms with van der Waals surface area (Å²) in [6.07, 6.45) is 5.85. The lowest BCUT2D eigenvalue weighted by Gasteiger charge is -2.20. The van der Waals surface area contributed by atoms with Gasteiger partial charge in [-0.3, -0.25) is 0 Å². The van der Waals surface area contributed by atoms with Crippen molar-refractivity contribution in [2.24, 2.45) is 0 Å². The minimum Gasteiger partial charge on any atom is -0.335 e. The molecule has 21 heavy (non-hydrogen) atoms. The number of imidazole rings is 1. The molecule has 1 atom stereocenters. The Morgan fingerprint density at radius 3 is 2.90 bits per heavy atom. The second kappa shape index (κ2) is 7.97. The van der Waals surface area contributed by atoms with E-state index in [2.05, 4.69) is 50.7 Å². The fourth-order valence-electron chi connectivity index (χ4n) is 2.49. The highest BCUT2D eigenvalue weighted by molar-refractivity contribution is 9.10. The second-order valence-corrected chi connectivity index (χ2v) is 6.23. The lowest BCUT2D eigenvalue weighted by molar-refractivity contribution is 0.516. The van der Waals surface area contributed by atoms with Gasteiger partial charge in [0.2, 0.25) is 0 Å². The van der Waals surface area contributed by atoms with Crippen molar-refractivity contribution < 1.29 is 0 Å². The summed E-state index contributed by atoms with van der Waals surface area (Å²) >= 11 is 9.95. The van der Waals surface area contributed by atoms with Gasteiger partial charge in [0.25, 0.3) is 0 Å². The largest absolute Gasteiger partial charge is 0.335 e. The molecule has 3 nitrogen and oxygen atoms in total. The van der Waals surface area contributed by atoms with Crippen LogP contribution in [0.4, 0.5) is 0 Å². The average Bonchev–Trinajstić information content (AvgIpc) is 2.89. The molecule has 0 aliphatic heterocycles. The summed E-state index contributed by atoms with van der Waals surface area (Å²) in [6.45, 7) is 6.18. The standard InChI is InChI=1S/C16H21BrClN3/c1-3-9-21-10-8-20-15(21)11-14(19-4-2)12-6-5-7-13(17)16(12)18/h5-8,10,14,19H,3-4,9,11H2,1-2H3. The molecule has 2 aromatic rings. The molecule has 0 radical (unpaired) electrons. The Bertz CT molecular complexity index is 583. The highest BCUT2D eigenvalue weighted by Crippen LogP contribution is 2.31. The van der Waals surface area contributed by atoms with E-state index in [-0.39, 0.29) is 6.04 Å². The van der Waals surface area contributed by atoms with E-state index < -0.39 is 0 Å². The van der Waals surface area contributed by atoms with Gasteiger partial charge in [-0.1, -0.05) is 37.6 Å². The number of nitrogens with zero attached hydrogens (tertiary/aromatic N) is 2. The summed E-state index contributed by atoms with van der Waals surface area (Å²) in [5, 5.41) is 4.29. The van der Waals surface area contributed by atoms with Crippen molar-refractivity contribution >= 4 is 27.5 Å².